The number of hydrogen-bond donors (Lipinski definition) is 1. The number of likely N-dealkylation sites (N-methyl/N-ethyl adjacent to an activating group) is 1. The van der Waals surface area contributed by atoms with E-state index in [-0.39, 0.29) is 17.5 Å². The Hall–Kier alpha value is -0.930. The Morgan fingerprint density at radius 2 is 1.81 bits per heavy atom. The summed E-state index contributed by atoms with van der Waals surface area (Å²) in [5.74, 6) is -0.152. The topological polar surface area (TPSA) is 21.3 Å². The van der Waals surface area contributed by atoms with Gasteiger partial charge in [0.15, 0.2) is 0 Å². The Morgan fingerprint density at radius 1 is 1.19 bits per heavy atom. The van der Waals surface area contributed by atoms with Gasteiger partial charge in [-0.1, -0.05) is 32.0 Å². The molecule has 1 aliphatic carbocycles. The number of ether oxygens (including phenoxy) is 1. The van der Waals surface area contributed by atoms with Gasteiger partial charge in [0.2, 0.25) is 0 Å². The summed E-state index contributed by atoms with van der Waals surface area (Å²) >= 11 is 0. The second-order valence-corrected chi connectivity index (χ2v) is 6.91. The molecule has 0 amide bonds. The maximum absolute atomic E-state index is 14.2. The number of hydrogen-bond acceptors (Lipinski definition) is 2. The van der Waals surface area contributed by atoms with E-state index in [0.29, 0.717) is 17.6 Å². The predicted molar refractivity (Wildman–Crippen MR) is 84.8 cm³/mol. The molecule has 1 fully saturated rings. The molecular weight excluding hydrogens is 265 g/mol. The van der Waals surface area contributed by atoms with Crippen molar-refractivity contribution in [1.29, 1.82) is 0 Å². The van der Waals surface area contributed by atoms with Crippen LogP contribution in [0.2, 0.25) is 0 Å². The van der Waals surface area contributed by atoms with Crippen LogP contribution in [0.4, 0.5) is 4.39 Å². The number of nitrogens with one attached hydrogen (secondary N) is 1. The summed E-state index contributed by atoms with van der Waals surface area (Å²) in [5.41, 5.74) is 0.767. The Bertz CT molecular complexity index is 462. The highest BCUT2D eigenvalue weighted by Gasteiger charge is 2.45. The third kappa shape index (κ3) is 3.46. The van der Waals surface area contributed by atoms with Gasteiger partial charge >= 0.3 is 0 Å². The zero-order chi connectivity index (χ0) is 15.5. The fourth-order valence-electron chi connectivity index (χ4n) is 3.56. The van der Waals surface area contributed by atoms with Crippen LogP contribution in [0.15, 0.2) is 24.3 Å². The molecule has 1 N–H and O–H groups in total. The van der Waals surface area contributed by atoms with Gasteiger partial charge in [-0.05, 0) is 51.1 Å². The van der Waals surface area contributed by atoms with E-state index in [0.717, 1.165) is 25.7 Å². The lowest BCUT2D eigenvalue weighted by Gasteiger charge is -2.47. The molecule has 21 heavy (non-hydrogen) atoms. The maximum Gasteiger partial charge on any atom is 0.128 e. The van der Waals surface area contributed by atoms with E-state index in [4.69, 9.17) is 4.74 Å². The maximum atomic E-state index is 14.2. The third-order valence-corrected chi connectivity index (χ3v) is 4.91. The SMILES string of the molecule is CCOC1(C(NC)c2ccccc2F)CCC(C)(C)CC1. The molecule has 0 aliphatic heterocycles. The summed E-state index contributed by atoms with van der Waals surface area (Å²) in [5, 5.41) is 3.32. The Labute approximate surface area is 128 Å². The van der Waals surface area contributed by atoms with Crippen LogP contribution in [0.3, 0.4) is 0 Å². The molecule has 1 aromatic rings. The molecule has 0 radical (unpaired) electrons. The summed E-state index contributed by atoms with van der Waals surface area (Å²) in [6, 6.07) is 6.94. The lowest BCUT2D eigenvalue weighted by Crippen LogP contribution is -2.49. The minimum absolute atomic E-state index is 0.102. The zero-order valence-electron chi connectivity index (χ0n) is 13.7. The Balaban J connectivity index is 2.34. The van der Waals surface area contributed by atoms with E-state index in [2.05, 4.69) is 19.2 Å². The number of rotatable bonds is 5. The van der Waals surface area contributed by atoms with Crippen LogP contribution in [-0.2, 0) is 4.74 Å². The van der Waals surface area contributed by atoms with E-state index in [1.807, 2.05) is 26.1 Å². The van der Waals surface area contributed by atoms with Crippen LogP contribution in [-0.4, -0.2) is 19.3 Å². The van der Waals surface area contributed by atoms with Gasteiger partial charge in [-0.15, -0.1) is 0 Å². The predicted octanol–water partition coefficient (Wildman–Crippen LogP) is 4.46. The molecule has 1 saturated carbocycles. The molecule has 0 saturated heterocycles. The second-order valence-electron chi connectivity index (χ2n) is 6.91. The van der Waals surface area contributed by atoms with Gasteiger partial charge in [0.25, 0.3) is 0 Å². The van der Waals surface area contributed by atoms with Gasteiger partial charge in [0.1, 0.15) is 5.82 Å². The van der Waals surface area contributed by atoms with E-state index < -0.39 is 0 Å². The fraction of sp³-hybridized carbons (Fsp3) is 0.667. The van der Waals surface area contributed by atoms with Crippen LogP contribution in [0, 0.1) is 11.2 Å². The van der Waals surface area contributed by atoms with Gasteiger partial charge in [0.05, 0.1) is 11.6 Å². The Morgan fingerprint density at radius 3 is 2.33 bits per heavy atom. The van der Waals surface area contributed by atoms with Crippen LogP contribution < -0.4 is 5.32 Å². The van der Waals surface area contributed by atoms with E-state index in [9.17, 15) is 4.39 Å². The first kappa shape index (κ1) is 16.4. The smallest absolute Gasteiger partial charge is 0.128 e. The highest BCUT2D eigenvalue weighted by atomic mass is 19.1. The lowest BCUT2D eigenvalue weighted by molar-refractivity contribution is -0.107. The van der Waals surface area contributed by atoms with Crippen molar-refractivity contribution in [3.8, 4) is 0 Å². The highest BCUT2D eigenvalue weighted by molar-refractivity contribution is 5.25. The average Bonchev–Trinajstić information content (AvgIpc) is 2.45. The number of benzene rings is 1. The van der Waals surface area contributed by atoms with Crippen LogP contribution >= 0.6 is 0 Å². The van der Waals surface area contributed by atoms with Gasteiger partial charge in [0, 0.05) is 12.2 Å². The molecule has 0 aromatic heterocycles. The van der Waals surface area contributed by atoms with E-state index in [1.54, 1.807) is 6.07 Å². The van der Waals surface area contributed by atoms with Crippen LogP contribution in [0.1, 0.15) is 58.1 Å². The fourth-order valence-corrected chi connectivity index (χ4v) is 3.56. The normalized spacial score (nSPS) is 22.0. The van der Waals surface area contributed by atoms with Crippen molar-refractivity contribution in [2.75, 3.05) is 13.7 Å². The largest absolute Gasteiger partial charge is 0.373 e. The molecule has 1 aromatic carbocycles. The first-order valence-corrected chi connectivity index (χ1v) is 8.00. The monoisotopic (exact) mass is 293 g/mol. The van der Waals surface area contributed by atoms with E-state index >= 15 is 0 Å². The quantitative estimate of drug-likeness (QED) is 0.865. The Kier molecular flexibility index (Phi) is 5.05. The molecule has 3 heteroatoms. The summed E-state index contributed by atoms with van der Waals surface area (Å²) in [6.45, 7) is 7.29. The zero-order valence-corrected chi connectivity index (χ0v) is 13.7. The lowest BCUT2D eigenvalue weighted by atomic mass is 9.67. The first-order chi connectivity index (χ1) is 9.94. The third-order valence-electron chi connectivity index (χ3n) is 4.91. The molecule has 0 spiro atoms. The molecule has 2 rings (SSSR count). The summed E-state index contributed by atoms with van der Waals surface area (Å²) in [4.78, 5) is 0. The van der Waals surface area contributed by atoms with Gasteiger partial charge in [-0.2, -0.15) is 0 Å². The van der Waals surface area contributed by atoms with Crippen molar-refractivity contribution < 1.29 is 9.13 Å². The van der Waals surface area contributed by atoms with Gasteiger partial charge in [-0.3, -0.25) is 0 Å². The summed E-state index contributed by atoms with van der Waals surface area (Å²) in [7, 11) is 1.90. The second kappa shape index (κ2) is 6.45. The van der Waals surface area contributed by atoms with Gasteiger partial charge in [-0.25, -0.2) is 4.39 Å². The van der Waals surface area contributed by atoms with Crippen molar-refractivity contribution in [2.24, 2.45) is 5.41 Å². The highest BCUT2D eigenvalue weighted by Crippen LogP contribution is 2.47. The first-order valence-electron chi connectivity index (χ1n) is 8.00. The minimum Gasteiger partial charge on any atom is -0.373 e. The van der Waals surface area contributed by atoms with Crippen molar-refractivity contribution in [3.63, 3.8) is 0 Å². The molecule has 0 bridgehead atoms. The molecular formula is C18H28FNO. The average molecular weight is 293 g/mol. The van der Waals surface area contributed by atoms with Crippen molar-refractivity contribution in [3.05, 3.63) is 35.6 Å². The summed E-state index contributed by atoms with van der Waals surface area (Å²) < 4.78 is 20.4. The van der Waals surface area contributed by atoms with E-state index in [1.165, 1.54) is 6.07 Å². The van der Waals surface area contributed by atoms with Crippen molar-refractivity contribution >= 4 is 0 Å². The van der Waals surface area contributed by atoms with Gasteiger partial charge < -0.3 is 10.1 Å². The molecule has 1 unspecified atom stereocenters. The molecule has 1 atom stereocenters. The van der Waals surface area contributed by atoms with Crippen LogP contribution in [0.5, 0.6) is 0 Å². The van der Waals surface area contributed by atoms with Crippen molar-refractivity contribution in [1.82, 2.24) is 5.32 Å². The van der Waals surface area contributed by atoms with Crippen molar-refractivity contribution in [2.45, 2.75) is 58.1 Å². The summed E-state index contributed by atoms with van der Waals surface area (Å²) in [6.07, 6.45) is 4.15. The minimum atomic E-state index is -0.304. The standard InChI is InChI=1S/C18H28FNO/c1-5-21-18(12-10-17(2,3)11-13-18)16(20-4)14-8-6-7-9-15(14)19/h6-9,16,20H,5,10-13H2,1-4H3. The number of halogens is 1. The molecule has 118 valence electrons. The molecule has 2 nitrogen and oxygen atoms in total. The van der Waals surface area contributed by atoms with Crippen LogP contribution in [0.25, 0.3) is 0 Å². The molecule has 0 heterocycles. The molecule has 1 aliphatic rings.